The summed E-state index contributed by atoms with van der Waals surface area (Å²) in [6.07, 6.45) is -3.51. The van der Waals surface area contributed by atoms with E-state index in [1.165, 1.54) is 19.1 Å². The highest BCUT2D eigenvalue weighted by Crippen LogP contribution is 2.34. The van der Waals surface area contributed by atoms with Crippen molar-refractivity contribution >= 4 is 5.97 Å². The van der Waals surface area contributed by atoms with Crippen LogP contribution in [0.3, 0.4) is 0 Å². The molecule has 1 heterocycles. The lowest BCUT2D eigenvalue weighted by molar-refractivity contribution is -0.143. The SMILES string of the molecule is CCOC(=O)c1cnn(-c2ccc(CCO)cc2)c1C(F)(F)F. The second-order valence-electron chi connectivity index (χ2n) is 4.68. The van der Waals surface area contributed by atoms with Crippen molar-refractivity contribution < 1.29 is 27.8 Å². The van der Waals surface area contributed by atoms with Gasteiger partial charge >= 0.3 is 12.1 Å². The Morgan fingerprint density at radius 1 is 1.30 bits per heavy atom. The van der Waals surface area contributed by atoms with E-state index in [-0.39, 0.29) is 18.9 Å². The Morgan fingerprint density at radius 3 is 2.48 bits per heavy atom. The summed E-state index contributed by atoms with van der Waals surface area (Å²) < 4.78 is 45.3. The average Bonchev–Trinajstić information content (AvgIpc) is 2.94. The molecule has 23 heavy (non-hydrogen) atoms. The minimum atomic E-state index is -4.76. The van der Waals surface area contributed by atoms with Crippen LogP contribution in [0.15, 0.2) is 30.5 Å². The molecule has 0 aliphatic heterocycles. The molecule has 1 aromatic heterocycles. The highest BCUT2D eigenvalue weighted by molar-refractivity contribution is 5.90. The number of rotatable bonds is 5. The number of hydrogen-bond acceptors (Lipinski definition) is 4. The molecule has 0 saturated carbocycles. The molecule has 0 saturated heterocycles. The maximum absolute atomic E-state index is 13.3. The molecule has 0 aliphatic carbocycles. The molecule has 0 fully saturated rings. The van der Waals surface area contributed by atoms with Crippen molar-refractivity contribution in [1.82, 2.24) is 9.78 Å². The van der Waals surface area contributed by atoms with E-state index in [0.717, 1.165) is 11.8 Å². The topological polar surface area (TPSA) is 64.3 Å². The molecule has 124 valence electrons. The maximum atomic E-state index is 13.3. The summed E-state index contributed by atoms with van der Waals surface area (Å²) in [6, 6.07) is 6.08. The van der Waals surface area contributed by atoms with Crippen LogP contribution >= 0.6 is 0 Å². The van der Waals surface area contributed by atoms with Crippen molar-refractivity contribution in [2.24, 2.45) is 0 Å². The van der Waals surface area contributed by atoms with E-state index in [1.807, 2.05) is 0 Å². The van der Waals surface area contributed by atoms with Crippen molar-refractivity contribution in [2.75, 3.05) is 13.2 Å². The van der Waals surface area contributed by atoms with Crippen LogP contribution in [0.2, 0.25) is 0 Å². The molecule has 0 atom stereocenters. The van der Waals surface area contributed by atoms with Gasteiger partial charge in [-0.15, -0.1) is 0 Å². The first kappa shape index (κ1) is 17.0. The van der Waals surface area contributed by atoms with E-state index in [0.29, 0.717) is 11.1 Å². The second-order valence-corrected chi connectivity index (χ2v) is 4.68. The second kappa shape index (κ2) is 6.82. The summed E-state index contributed by atoms with van der Waals surface area (Å²) in [4.78, 5) is 11.7. The summed E-state index contributed by atoms with van der Waals surface area (Å²) >= 11 is 0. The molecule has 0 bridgehead atoms. The predicted molar refractivity (Wildman–Crippen MR) is 75.3 cm³/mol. The smallest absolute Gasteiger partial charge is 0.434 e. The quantitative estimate of drug-likeness (QED) is 0.857. The number of alkyl halides is 3. The number of carbonyl (C=O) groups excluding carboxylic acids is 1. The highest BCUT2D eigenvalue weighted by Gasteiger charge is 2.41. The average molecular weight is 328 g/mol. The summed E-state index contributed by atoms with van der Waals surface area (Å²) in [7, 11) is 0. The lowest BCUT2D eigenvalue weighted by Crippen LogP contribution is -2.18. The third-order valence-electron chi connectivity index (χ3n) is 3.11. The summed E-state index contributed by atoms with van der Waals surface area (Å²) in [5.41, 5.74) is -0.859. The molecular formula is C15H15F3N2O3. The minimum Gasteiger partial charge on any atom is -0.462 e. The number of aliphatic hydroxyl groups is 1. The first-order valence-electron chi connectivity index (χ1n) is 6.91. The molecule has 8 heteroatoms. The molecule has 1 aromatic carbocycles. The lowest BCUT2D eigenvalue weighted by Gasteiger charge is -2.12. The monoisotopic (exact) mass is 328 g/mol. The molecule has 0 radical (unpaired) electrons. The summed E-state index contributed by atoms with van der Waals surface area (Å²) in [6.45, 7) is 1.43. The van der Waals surface area contributed by atoms with E-state index < -0.39 is 23.4 Å². The predicted octanol–water partition coefficient (Wildman–Crippen LogP) is 2.60. The van der Waals surface area contributed by atoms with Crippen molar-refractivity contribution in [1.29, 1.82) is 0 Å². The van der Waals surface area contributed by atoms with Gasteiger partial charge in [0.25, 0.3) is 0 Å². The Morgan fingerprint density at radius 2 is 1.96 bits per heavy atom. The molecule has 2 aromatic rings. The fraction of sp³-hybridized carbons (Fsp3) is 0.333. The largest absolute Gasteiger partial charge is 0.462 e. The van der Waals surface area contributed by atoms with E-state index in [2.05, 4.69) is 9.84 Å². The van der Waals surface area contributed by atoms with Crippen molar-refractivity contribution in [3.05, 3.63) is 47.3 Å². The first-order valence-corrected chi connectivity index (χ1v) is 6.91. The number of carbonyl (C=O) groups is 1. The van der Waals surface area contributed by atoms with Crippen LogP contribution in [0.25, 0.3) is 5.69 Å². The van der Waals surface area contributed by atoms with Crippen LogP contribution in [0.1, 0.15) is 28.5 Å². The van der Waals surface area contributed by atoms with Crippen LogP contribution in [0.5, 0.6) is 0 Å². The normalized spacial score (nSPS) is 11.5. The summed E-state index contributed by atoms with van der Waals surface area (Å²) in [5.74, 6) is -1.07. The molecule has 5 nitrogen and oxygen atoms in total. The zero-order valence-electron chi connectivity index (χ0n) is 12.3. The molecule has 2 rings (SSSR count). The number of nitrogens with zero attached hydrogens (tertiary/aromatic N) is 2. The lowest BCUT2D eigenvalue weighted by atomic mass is 10.1. The molecular weight excluding hydrogens is 313 g/mol. The number of hydrogen-bond donors (Lipinski definition) is 1. The molecule has 0 unspecified atom stereocenters. The van der Waals surface area contributed by atoms with Crippen LogP contribution in [0.4, 0.5) is 13.2 Å². The maximum Gasteiger partial charge on any atom is 0.434 e. The van der Waals surface area contributed by atoms with Crippen LogP contribution in [0, 0.1) is 0 Å². The fourth-order valence-electron chi connectivity index (χ4n) is 2.11. The number of benzene rings is 1. The van der Waals surface area contributed by atoms with Gasteiger partial charge < -0.3 is 9.84 Å². The Kier molecular flexibility index (Phi) is 5.05. The van der Waals surface area contributed by atoms with Gasteiger partial charge in [0.15, 0.2) is 5.69 Å². The van der Waals surface area contributed by atoms with Gasteiger partial charge in [0.2, 0.25) is 0 Å². The minimum absolute atomic E-state index is 0.0306. The van der Waals surface area contributed by atoms with E-state index >= 15 is 0 Å². The third kappa shape index (κ3) is 3.70. The Bertz CT molecular complexity index is 678. The van der Waals surface area contributed by atoms with Crippen molar-refractivity contribution in [3.63, 3.8) is 0 Å². The van der Waals surface area contributed by atoms with Crippen molar-refractivity contribution in [3.8, 4) is 5.69 Å². The molecule has 0 aliphatic rings. The van der Waals surface area contributed by atoms with Gasteiger partial charge in [-0.1, -0.05) is 12.1 Å². The van der Waals surface area contributed by atoms with Crippen LogP contribution < -0.4 is 0 Å². The number of aromatic nitrogens is 2. The Labute approximate surface area is 130 Å². The number of ether oxygens (including phenoxy) is 1. The number of halogens is 3. The molecule has 0 spiro atoms. The van der Waals surface area contributed by atoms with Gasteiger partial charge in [-0.05, 0) is 31.0 Å². The highest BCUT2D eigenvalue weighted by atomic mass is 19.4. The number of aliphatic hydroxyl groups excluding tert-OH is 1. The van der Waals surface area contributed by atoms with Gasteiger partial charge in [0, 0.05) is 6.61 Å². The van der Waals surface area contributed by atoms with Crippen molar-refractivity contribution in [2.45, 2.75) is 19.5 Å². The van der Waals surface area contributed by atoms with Crippen LogP contribution in [-0.4, -0.2) is 34.1 Å². The third-order valence-corrected chi connectivity index (χ3v) is 3.11. The van der Waals surface area contributed by atoms with E-state index in [1.54, 1.807) is 12.1 Å². The van der Waals surface area contributed by atoms with Gasteiger partial charge in [0.1, 0.15) is 5.56 Å². The van der Waals surface area contributed by atoms with Gasteiger partial charge in [-0.3, -0.25) is 0 Å². The molecule has 1 N–H and O–H groups in total. The Hall–Kier alpha value is -2.35. The van der Waals surface area contributed by atoms with E-state index in [9.17, 15) is 18.0 Å². The van der Waals surface area contributed by atoms with Gasteiger partial charge in [-0.2, -0.15) is 18.3 Å². The standard InChI is InChI=1S/C15H15F3N2O3/c1-2-23-14(22)12-9-19-20(13(12)15(16,17)18)11-5-3-10(4-6-11)7-8-21/h3-6,9,21H,2,7-8H2,1H3. The van der Waals surface area contributed by atoms with E-state index in [4.69, 9.17) is 5.11 Å². The van der Waals surface area contributed by atoms with Gasteiger partial charge in [0.05, 0.1) is 18.5 Å². The van der Waals surface area contributed by atoms with Crippen LogP contribution in [-0.2, 0) is 17.3 Å². The number of esters is 1. The fourth-order valence-corrected chi connectivity index (χ4v) is 2.11. The first-order chi connectivity index (χ1) is 10.9. The Balaban J connectivity index is 2.48. The molecule has 0 amide bonds. The van der Waals surface area contributed by atoms with Gasteiger partial charge in [-0.25, -0.2) is 9.48 Å². The zero-order valence-corrected chi connectivity index (χ0v) is 12.3. The zero-order chi connectivity index (χ0) is 17.0. The summed E-state index contributed by atoms with van der Waals surface area (Å²) in [5, 5.41) is 12.5.